The maximum atomic E-state index is 13.0. The van der Waals surface area contributed by atoms with Crippen LogP contribution >= 0.6 is 0 Å². The molecule has 0 atom stereocenters. The number of piperazine rings is 1. The summed E-state index contributed by atoms with van der Waals surface area (Å²) in [4.78, 5) is 17.1. The molecular formula is C26H29N3O5S. The summed E-state index contributed by atoms with van der Waals surface area (Å²) in [6.45, 7) is 4.92. The lowest BCUT2D eigenvalue weighted by Gasteiger charge is -2.36. The molecule has 1 aliphatic rings. The lowest BCUT2D eigenvalue weighted by Crippen LogP contribution is -2.48. The minimum Gasteiger partial charge on any atom is -0.495 e. The molecule has 1 amide bonds. The van der Waals surface area contributed by atoms with Crippen LogP contribution in [0.1, 0.15) is 17.3 Å². The molecule has 0 spiro atoms. The van der Waals surface area contributed by atoms with Gasteiger partial charge in [-0.2, -0.15) is 0 Å². The molecule has 1 aliphatic heterocycles. The van der Waals surface area contributed by atoms with Crippen molar-refractivity contribution in [1.29, 1.82) is 0 Å². The van der Waals surface area contributed by atoms with Gasteiger partial charge in [-0.3, -0.25) is 9.52 Å². The Morgan fingerprint density at radius 2 is 1.57 bits per heavy atom. The summed E-state index contributed by atoms with van der Waals surface area (Å²) in [7, 11) is -2.14. The van der Waals surface area contributed by atoms with Gasteiger partial charge in [0.1, 0.15) is 11.5 Å². The fourth-order valence-corrected chi connectivity index (χ4v) is 5.06. The van der Waals surface area contributed by atoms with Gasteiger partial charge in [0, 0.05) is 37.4 Å². The normalized spacial score (nSPS) is 13.9. The predicted octanol–water partition coefficient (Wildman–Crippen LogP) is 3.86. The third kappa shape index (κ3) is 5.68. The summed E-state index contributed by atoms with van der Waals surface area (Å²) in [5.74, 6) is 1.36. The smallest absolute Gasteiger partial charge is 0.261 e. The molecular weight excluding hydrogens is 466 g/mol. The van der Waals surface area contributed by atoms with E-state index in [1.807, 2.05) is 31.2 Å². The number of hydrogen-bond acceptors (Lipinski definition) is 6. The molecule has 8 nitrogen and oxygen atoms in total. The summed E-state index contributed by atoms with van der Waals surface area (Å²) >= 11 is 0. The summed E-state index contributed by atoms with van der Waals surface area (Å²) < 4.78 is 38.9. The number of amides is 1. The second kappa shape index (κ2) is 10.7. The van der Waals surface area contributed by atoms with Crippen LogP contribution in [0.25, 0.3) is 0 Å². The quantitative estimate of drug-likeness (QED) is 0.511. The van der Waals surface area contributed by atoms with Crippen LogP contribution in [-0.4, -0.2) is 59.1 Å². The van der Waals surface area contributed by atoms with Crippen molar-refractivity contribution in [2.45, 2.75) is 11.8 Å². The number of carbonyl (C=O) groups is 1. The molecule has 184 valence electrons. The Labute approximate surface area is 206 Å². The number of anilines is 2. The van der Waals surface area contributed by atoms with Gasteiger partial charge in [0.2, 0.25) is 0 Å². The highest BCUT2D eigenvalue weighted by atomic mass is 32.2. The number of hydrogen-bond donors (Lipinski definition) is 1. The first-order valence-corrected chi connectivity index (χ1v) is 12.9. The number of sulfonamides is 1. The largest absolute Gasteiger partial charge is 0.495 e. The van der Waals surface area contributed by atoms with Crippen LogP contribution in [0, 0.1) is 0 Å². The molecule has 1 fully saturated rings. The van der Waals surface area contributed by atoms with Crippen LogP contribution in [0.3, 0.4) is 0 Å². The van der Waals surface area contributed by atoms with Crippen LogP contribution in [0.2, 0.25) is 0 Å². The van der Waals surface area contributed by atoms with Crippen molar-refractivity contribution in [1.82, 2.24) is 4.90 Å². The van der Waals surface area contributed by atoms with E-state index in [2.05, 4.69) is 9.62 Å². The summed E-state index contributed by atoms with van der Waals surface area (Å²) in [5.41, 5.74) is 1.90. The van der Waals surface area contributed by atoms with Crippen LogP contribution < -0.4 is 19.1 Å². The van der Waals surface area contributed by atoms with Gasteiger partial charge in [0.05, 0.1) is 24.3 Å². The van der Waals surface area contributed by atoms with E-state index in [0.29, 0.717) is 49.8 Å². The highest BCUT2D eigenvalue weighted by Crippen LogP contribution is 2.28. The van der Waals surface area contributed by atoms with Crippen LogP contribution in [-0.2, 0) is 10.0 Å². The highest BCUT2D eigenvalue weighted by molar-refractivity contribution is 7.92. The summed E-state index contributed by atoms with van der Waals surface area (Å²) in [5, 5.41) is 0. The molecule has 9 heteroatoms. The monoisotopic (exact) mass is 495 g/mol. The standard InChI is InChI=1S/C26H29N3O5S/c1-3-34-22-12-10-21(11-13-22)27-35(31,32)23-14-8-20(9-15-23)26(30)29-18-16-28(17-19-29)24-6-4-5-7-25(24)33-2/h4-15,27H,3,16-19H2,1-2H3. The fourth-order valence-electron chi connectivity index (χ4n) is 4.00. The third-order valence-electron chi connectivity index (χ3n) is 5.82. The van der Waals surface area contributed by atoms with Crippen LogP contribution in [0.4, 0.5) is 11.4 Å². The first-order valence-electron chi connectivity index (χ1n) is 11.4. The molecule has 0 aromatic heterocycles. The van der Waals surface area contributed by atoms with Gasteiger partial charge < -0.3 is 19.3 Å². The highest BCUT2D eigenvalue weighted by Gasteiger charge is 2.24. The molecule has 4 rings (SSSR count). The number of para-hydroxylation sites is 2. The molecule has 0 unspecified atom stereocenters. The third-order valence-corrected chi connectivity index (χ3v) is 7.22. The van der Waals surface area contributed by atoms with E-state index in [0.717, 1.165) is 11.4 Å². The number of carbonyl (C=O) groups excluding carboxylic acids is 1. The average Bonchev–Trinajstić information content (AvgIpc) is 2.89. The zero-order valence-electron chi connectivity index (χ0n) is 19.8. The lowest BCUT2D eigenvalue weighted by atomic mass is 10.1. The molecule has 1 heterocycles. The van der Waals surface area contributed by atoms with Crippen molar-refractivity contribution in [3.05, 3.63) is 78.4 Å². The first kappa shape index (κ1) is 24.4. The van der Waals surface area contributed by atoms with E-state index >= 15 is 0 Å². The van der Waals surface area contributed by atoms with E-state index in [9.17, 15) is 13.2 Å². The molecule has 1 saturated heterocycles. The lowest BCUT2D eigenvalue weighted by molar-refractivity contribution is 0.0746. The SMILES string of the molecule is CCOc1ccc(NS(=O)(=O)c2ccc(C(=O)N3CCN(c4ccccc4OC)CC3)cc2)cc1. The van der Waals surface area contributed by atoms with E-state index in [-0.39, 0.29) is 10.8 Å². The number of benzene rings is 3. The molecule has 0 bridgehead atoms. The maximum Gasteiger partial charge on any atom is 0.261 e. The molecule has 3 aromatic carbocycles. The number of nitrogens with one attached hydrogen (secondary N) is 1. The fraction of sp³-hybridized carbons (Fsp3) is 0.269. The Morgan fingerprint density at radius 3 is 2.20 bits per heavy atom. The minimum absolute atomic E-state index is 0.0870. The maximum absolute atomic E-state index is 13.0. The van der Waals surface area contributed by atoms with E-state index in [1.165, 1.54) is 12.1 Å². The first-order chi connectivity index (χ1) is 16.9. The zero-order chi connectivity index (χ0) is 24.8. The van der Waals surface area contributed by atoms with Gasteiger partial charge in [-0.05, 0) is 67.6 Å². The van der Waals surface area contributed by atoms with Gasteiger partial charge in [-0.25, -0.2) is 8.42 Å². The summed E-state index contributed by atoms with van der Waals surface area (Å²) in [6.07, 6.45) is 0. The van der Waals surface area contributed by atoms with Crippen molar-refractivity contribution in [2.24, 2.45) is 0 Å². The number of nitrogens with zero attached hydrogens (tertiary/aromatic N) is 2. The van der Waals surface area contributed by atoms with Crippen molar-refractivity contribution in [3.63, 3.8) is 0 Å². The Hall–Kier alpha value is -3.72. The molecule has 0 radical (unpaired) electrons. The van der Waals surface area contributed by atoms with Gasteiger partial charge in [0.15, 0.2) is 0 Å². The average molecular weight is 496 g/mol. The molecule has 35 heavy (non-hydrogen) atoms. The van der Waals surface area contributed by atoms with Crippen LogP contribution in [0.15, 0.2) is 77.7 Å². The molecule has 0 saturated carbocycles. The van der Waals surface area contributed by atoms with Gasteiger partial charge in [-0.15, -0.1) is 0 Å². The van der Waals surface area contributed by atoms with E-state index in [4.69, 9.17) is 9.47 Å². The topological polar surface area (TPSA) is 88.2 Å². The van der Waals surface area contributed by atoms with Gasteiger partial charge in [0.25, 0.3) is 15.9 Å². The predicted molar refractivity (Wildman–Crippen MR) is 136 cm³/mol. The van der Waals surface area contributed by atoms with Gasteiger partial charge in [-0.1, -0.05) is 12.1 Å². The molecule has 1 N–H and O–H groups in total. The van der Waals surface area contributed by atoms with Gasteiger partial charge >= 0.3 is 0 Å². The number of methoxy groups -OCH3 is 1. The second-order valence-electron chi connectivity index (χ2n) is 8.04. The second-order valence-corrected chi connectivity index (χ2v) is 9.72. The van der Waals surface area contributed by atoms with Crippen molar-refractivity contribution in [3.8, 4) is 11.5 Å². The molecule has 3 aromatic rings. The number of rotatable bonds is 8. The molecule has 0 aliphatic carbocycles. The van der Waals surface area contributed by atoms with Crippen molar-refractivity contribution < 1.29 is 22.7 Å². The van der Waals surface area contributed by atoms with E-state index in [1.54, 1.807) is 48.4 Å². The Morgan fingerprint density at radius 1 is 0.914 bits per heavy atom. The Balaban J connectivity index is 1.38. The van der Waals surface area contributed by atoms with E-state index < -0.39 is 10.0 Å². The zero-order valence-corrected chi connectivity index (χ0v) is 20.6. The Kier molecular flexibility index (Phi) is 7.45. The minimum atomic E-state index is -3.78. The summed E-state index contributed by atoms with van der Waals surface area (Å²) in [6, 6.07) is 20.6. The van der Waals surface area contributed by atoms with Crippen LogP contribution in [0.5, 0.6) is 11.5 Å². The van der Waals surface area contributed by atoms with Crippen molar-refractivity contribution in [2.75, 3.05) is 49.5 Å². The van der Waals surface area contributed by atoms with Crippen molar-refractivity contribution >= 4 is 27.3 Å². The number of ether oxygens (including phenoxy) is 2. The Bertz CT molecular complexity index is 1250.